The zero-order chi connectivity index (χ0) is 5.82. The molecule has 0 aliphatic heterocycles. The molecule has 0 aromatic carbocycles. The van der Waals surface area contributed by atoms with Crippen molar-refractivity contribution >= 4 is 0 Å². The summed E-state index contributed by atoms with van der Waals surface area (Å²) in [6.07, 6.45) is 8.59. The van der Waals surface area contributed by atoms with Crippen LogP contribution in [-0.2, 0) is 32.7 Å². The van der Waals surface area contributed by atoms with Crippen molar-refractivity contribution < 1.29 is 32.7 Å². The Morgan fingerprint density at radius 1 is 1.11 bits per heavy atom. The van der Waals surface area contributed by atoms with Crippen LogP contribution in [0.1, 0.15) is 45.4 Å². The van der Waals surface area contributed by atoms with Crippen LogP contribution in [0.25, 0.3) is 0 Å². The SMILES string of the molecule is CC[C-]1CCCCC1.[Y]. The van der Waals surface area contributed by atoms with Gasteiger partial charge in [-0.3, -0.25) is 0 Å². The van der Waals surface area contributed by atoms with E-state index in [0.717, 1.165) is 0 Å². The van der Waals surface area contributed by atoms with Gasteiger partial charge in [0.25, 0.3) is 0 Å². The molecule has 0 bridgehead atoms. The predicted molar refractivity (Wildman–Crippen MR) is 36.6 cm³/mol. The van der Waals surface area contributed by atoms with E-state index in [2.05, 4.69) is 6.92 Å². The van der Waals surface area contributed by atoms with Crippen LogP contribution < -0.4 is 0 Å². The summed E-state index contributed by atoms with van der Waals surface area (Å²) >= 11 is 0. The molecule has 0 heterocycles. The standard InChI is InChI=1S/C8H15.Y/c1-2-8-6-4-3-5-7-8;/h2-7H2,1H3;/q-1;. The molecule has 0 N–H and O–H groups in total. The third-order valence-electron chi connectivity index (χ3n) is 2.06. The van der Waals surface area contributed by atoms with Gasteiger partial charge in [0.2, 0.25) is 0 Å². The van der Waals surface area contributed by atoms with Gasteiger partial charge < -0.3 is 5.92 Å². The maximum Gasteiger partial charge on any atom is 0 e. The Kier molecular flexibility index (Phi) is 6.57. The molecule has 51 valence electrons. The predicted octanol–water partition coefficient (Wildman–Crippen LogP) is 2.93. The molecule has 0 aromatic rings. The topological polar surface area (TPSA) is 0 Å². The first-order valence-corrected chi connectivity index (χ1v) is 3.77. The summed E-state index contributed by atoms with van der Waals surface area (Å²) in [4.78, 5) is 0. The van der Waals surface area contributed by atoms with Gasteiger partial charge in [0.15, 0.2) is 0 Å². The molecule has 1 radical (unpaired) electrons. The molecule has 9 heavy (non-hydrogen) atoms. The van der Waals surface area contributed by atoms with E-state index < -0.39 is 0 Å². The van der Waals surface area contributed by atoms with Crippen molar-refractivity contribution in [3.63, 3.8) is 0 Å². The summed E-state index contributed by atoms with van der Waals surface area (Å²) in [5.74, 6) is 1.80. The molecule has 0 aromatic heterocycles. The van der Waals surface area contributed by atoms with E-state index >= 15 is 0 Å². The normalized spacial score (nSPS) is 21.0. The Balaban J connectivity index is 0.000000640. The summed E-state index contributed by atoms with van der Waals surface area (Å²) in [5.41, 5.74) is 0. The molecule has 0 spiro atoms. The smallest absolute Gasteiger partial charge is 0 e. The average Bonchev–Trinajstić information content (AvgIpc) is 1.90. The van der Waals surface area contributed by atoms with E-state index in [4.69, 9.17) is 0 Å². The number of hydrogen-bond acceptors (Lipinski definition) is 0. The molecule has 0 saturated heterocycles. The van der Waals surface area contributed by atoms with E-state index in [1.165, 1.54) is 38.5 Å². The number of hydrogen-bond donors (Lipinski definition) is 0. The summed E-state index contributed by atoms with van der Waals surface area (Å²) in [6.45, 7) is 2.28. The molecule has 0 atom stereocenters. The Hall–Kier alpha value is 1.10. The largest absolute Gasteiger partial charge is 0.314 e. The van der Waals surface area contributed by atoms with Crippen LogP contribution in [0.15, 0.2) is 0 Å². The maximum absolute atomic E-state index is 2.28. The van der Waals surface area contributed by atoms with Crippen molar-refractivity contribution in [1.82, 2.24) is 0 Å². The summed E-state index contributed by atoms with van der Waals surface area (Å²) in [5, 5.41) is 0. The van der Waals surface area contributed by atoms with Crippen LogP contribution in [-0.4, -0.2) is 0 Å². The van der Waals surface area contributed by atoms with Crippen LogP contribution in [0, 0.1) is 5.92 Å². The fraction of sp³-hybridized carbons (Fsp3) is 0.875. The monoisotopic (exact) mass is 200 g/mol. The molecule has 1 heteroatoms. The Morgan fingerprint density at radius 2 is 1.67 bits per heavy atom. The van der Waals surface area contributed by atoms with Crippen molar-refractivity contribution in [2.75, 3.05) is 0 Å². The Bertz CT molecular complexity index is 55.6. The average molecular weight is 200 g/mol. The third-order valence-corrected chi connectivity index (χ3v) is 2.06. The van der Waals surface area contributed by atoms with Crippen molar-refractivity contribution in [3.05, 3.63) is 5.92 Å². The van der Waals surface area contributed by atoms with Gasteiger partial charge in [0.05, 0.1) is 0 Å². The van der Waals surface area contributed by atoms with Gasteiger partial charge in [-0.2, -0.15) is 19.3 Å². The van der Waals surface area contributed by atoms with Crippen molar-refractivity contribution in [2.45, 2.75) is 45.4 Å². The fourth-order valence-electron chi connectivity index (χ4n) is 1.41. The fourth-order valence-corrected chi connectivity index (χ4v) is 1.41. The van der Waals surface area contributed by atoms with Crippen LogP contribution in [0.3, 0.4) is 0 Å². The molecule has 1 fully saturated rings. The van der Waals surface area contributed by atoms with Crippen molar-refractivity contribution in [2.24, 2.45) is 0 Å². The molecule has 1 rings (SSSR count). The van der Waals surface area contributed by atoms with E-state index in [-0.39, 0.29) is 32.7 Å². The van der Waals surface area contributed by atoms with Gasteiger partial charge >= 0.3 is 0 Å². The van der Waals surface area contributed by atoms with Gasteiger partial charge in [-0.05, 0) is 0 Å². The minimum atomic E-state index is 0. The van der Waals surface area contributed by atoms with Gasteiger partial charge in [-0.1, -0.05) is 26.2 Å². The zero-order valence-corrected chi connectivity index (χ0v) is 9.16. The Morgan fingerprint density at radius 3 is 2.00 bits per heavy atom. The molecule has 1 aliphatic rings. The van der Waals surface area contributed by atoms with E-state index in [1.807, 2.05) is 0 Å². The van der Waals surface area contributed by atoms with E-state index in [1.54, 1.807) is 5.92 Å². The first-order valence-electron chi connectivity index (χ1n) is 3.77. The van der Waals surface area contributed by atoms with Crippen LogP contribution in [0.4, 0.5) is 0 Å². The molecular formula is C8H15Y-. The first kappa shape index (κ1) is 10.1. The second-order valence-corrected chi connectivity index (χ2v) is 2.66. The number of rotatable bonds is 1. The van der Waals surface area contributed by atoms with Gasteiger partial charge in [-0.25, -0.2) is 0 Å². The van der Waals surface area contributed by atoms with Gasteiger partial charge in [0, 0.05) is 32.7 Å². The summed E-state index contributed by atoms with van der Waals surface area (Å²) in [6, 6.07) is 0. The quantitative estimate of drug-likeness (QED) is 0.571. The molecule has 0 unspecified atom stereocenters. The molecular weight excluding hydrogens is 185 g/mol. The second kappa shape index (κ2) is 5.86. The zero-order valence-electron chi connectivity index (χ0n) is 6.32. The maximum atomic E-state index is 2.28. The summed E-state index contributed by atoms with van der Waals surface area (Å²) < 4.78 is 0. The molecule has 1 aliphatic carbocycles. The summed E-state index contributed by atoms with van der Waals surface area (Å²) in [7, 11) is 0. The van der Waals surface area contributed by atoms with Crippen molar-refractivity contribution in [1.29, 1.82) is 0 Å². The second-order valence-electron chi connectivity index (χ2n) is 2.66. The minimum absolute atomic E-state index is 0. The first-order chi connectivity index (χ1) is 3.93. The minimum Gasteiger partial charge on any atom is -0.314 e. The molecule has 0 amide bonds. The van der Waals surface area contributed by atoms with E-state index in [0.29, 0.717) is 0 Å². The van der Waals surface area contributed by atoms with Gasteiger partial charge in [-0.15, -0.1) is 0 Å². The van der Waals surface area contributed by atoms with Crippen LogP contribution in [0.5, 0.6) is 0 Å². The van der Waals surface area contributed by atoms with Crippen LogP contribution in [0.2, 0.25) is 0 Å². The molecule has 1 saturated carbocycles. The third kappa shape index (κ3) is 3.73. The van der Waals surface area contributed by atoms with E-state index in [9.17, 15) is 0 Å². The van der Waals surface area contributed by atoms with Crippen molar-refractivity contribution in [3.8, 4) is 0 Å². The van der Waals surface area contributed by atoms with Crippen LogP contribution >= 0.6 is 0 Å². The molecule has 0 nitrogen and oxygen atoms in total. The van der Waals surface area contributed by atoms with Gasteiger partial charge in [0.1, 0.15) is 0 Å². The Labute approximate surface area is 83.7 Å².